The number of nitrogens with zero attached hydrogens (tertiary/aromatic N) is 1. The third-order valence-corrected chi connectivity index (χ3v) is 6.53. The first kappa shape index (κ1) is 20.9. The van der Waals surface area contributed by atoms with E-state index >= 15 is 0 Å². The van der Waals surface area contributed by atoms with Crippen molar-refractivity contribution in [3.05, 3.63) is 53.3 Å². The second-order valence-corrected chi connectivity index (χ2v) is 9.04. The number of hydrogen-bond donors (Lipinski definition) is 2. The first-order valence-electron chi connectivity index (χ1n) is 9.12. The molecule has 0 aromatic heterocycles. The molecule has 0 unspecified atom stereocenters. The second kappa shape index (κ2) is 8.30. The van der Waals surface area contributed by atoms with Gasteiger partial charge in [-0.25, -0.2) is 12.8 Å². The van der Waals surface area contributed by atoms with E-state index in [9.17, 15) is 22.4 Å². The Labute approximate surface area is 169 Å². The normalized spacial score (nSPS) is 14.1. The quantitative estimate of drug-likeness (QED) is 0.779. The van der Waals surface area contributed by atoms with Gasteiger partial charge in [-0.05, 0) is 61.2 Å². The Morgan fingerprint density at radius 1 is 1.21 bits per heavy atom. The average Bonchev–Trinajstić information content (AvgIpc) is 2.84. The van der Waals surface area contributed by atoms with Gasteiger partial charge in [-0.1, -0.05) is 6.07 Å². The summed E-state index contributed by atoms with van der Waals surface area (Å²) < 4.78 is 40.3. The molecule has 0 bridgehead atoms. The lowest BCUT2D eigenvalue weighted by molar-refractivity contribution is -0.117. The molecule has 0 radical (unpaired) electrons. The number of anilines is 2. The molecular weight excluding hydrogens is 397 g/mol. The van der Waals surface area contributed by atoms with Crippen LogP contribution in [0.4, 0.5) is 15.8 Å². The number of carbonyl (C=O) groups is 2. The molecule has 9 heteroatoms. The van der Waals surface area contributed by atoms with Gasteiger partial charge >= 0.3 is 0 Å². The maximum atomic E-state index is 13.6. The van der Waals surface area contributed by atoms with E-state index in [2.05, 4.69) is 10.6 Å². The van der Waals surface area contributed by atoms with E-state index in [1.807, 2.05) is 0 Å². The highest BCUT2D eigenvalue weighted by molar-refractivity contribution is 7.89. The van der Waals surface area contributed by atoms with Crippen molar-refractivity contribution >= 4 is 33.2 Å². The monoisotopic (exact) mass is 419 g/mol. The van der Waals surface area contributed by atoms with Crippen molar-refractivity contribution < 1.29 is 22.4 Å². The molecule has 0 fully saturated rings. The number of rotatable bonds is 5. The fourth-order valence-electron chi connectivity index (χ4n) is 3.05. The molecule has 2 N–H and O–H groups in total. The first-order chi connectivity index (χ1) is 13.7. The van der Waals surface area contributed by atoms with Crippen molar-refractivity contribution in [1.82, 2.24) is 4.31 Å². The Morgan fingerprint density at radius 2 is 1.97 bits per heavy atom. The number of halogens is 1. The maximum absolute atomic E-state index is 13.6. The fourth-order valence-corrected chi connectivity index (χ4v) is 4.23. The standard InChI is InChI=1S/C20H22FN3O4S/c1-13-6-7-15(11-17(13)21)22-20(26)12-24(2)29(27,28)16-8-9-18-14(10-16)4-3-5-19(25)23-18/h6-11H,3-5,12H2,1-2H3,(H,22,26)(H,23,25). The summed E-state index contributed by atoms with van der Waals surface area (Å²) >= 11 is 0. The lowest BCUT2D eigenvalue weighted by Gasteiger charge is -2.18. The average molecular weight is 419 g/mol. The second-order valence-electron chi connectivity index (χ2n) is 6.99. The summed E-state index contributed by atoms with van der Waals surface area (Å²) in [5, 5.41) is 5.25. The van der Waals surface area contributed by atoms with Gasteiger partial charge in [0, 0.05) is 24.8 Å². The van der Waals surface area contributed by atoms with Gasteiger partial charge in [0.25, 0.3) is 0 Å². The summed E-state index contributed by atoms with van der Waals surface area (Å²) in [5.41, 5.74) is 2.05. The highest BCUT2D eigenvalue weighted by atomic mass is 32.2. The minimum absolute atomic E-state index is 0.0454. The Kier molecular flexibility index (Phi) is 5.99. The minimum atomic E-state index is -3.91. The highest BCUT2D eigenvalue weighted by Crippen LogP contribution is 2.26. The number of benzene rings is 2. The van der Waals surface area contributed by atoms with Crippen molar-refractivity contribution in [2.24, 2.45) is 0 Å². The predicted molar refractivity (Wildman–Crippen MR) is 108 cm³/mol. The molecule has 2 aromatic carbocycles. The maximum Gasteiger partial charge on any atom is 0.243 e. The van der Waals surface area contributed by atoms with Crippen LogP contribution in [-0.2, 0) is 26.0 Å². The smallest absolute Gasteiger partial charge is 0.243 e. The Morgan fingerprint density at radius 3 is 2.69 bits per heavy atom. The summed E-state index contributed by atoms with van der Waals surface area (Å²) in [6, 6.07) is 8.76. The van der Waals surface area contributed by atoms with Crippen molar-refractivity contribution in [2.45, 2.75) is 31.1 Å². The fraction of sp³-hybridized carbons (Fsp3) is 0.300. The van der Waals surface area contributed by atoms with Crippen LogP contribution in [0.2, 0.25) is 0 Å². The van der Waals surface area contributed by atoms with Gasteiger partial charge in [-0.3, -0.25) is 9.59 Å². The zero-order chi connectivity index (χ0) is 21.2. The van der Waals surface area contributed by atoms with E-state index in [4.69, 9.17) is 0 Å². The molecule has 7 nitrogen and oxygen atoms in total. The van der Waals surface area contributed by atoms with E-state index in [-0.39, 0.29) is 16.5 Å². The first-order valence-corrected chi connectivity index (χ1v) is 10.6. The lowest BCUT2D eigenvalue weighted by Crippen LogP contribution is -2.35. The number of sulfonamides is 1. The zero-order valence-electron chi connectivity index (χ0n) is 16.2. The summed E-state index contributed by atoms with van der Waals surface area (Å²) in [6.45, 7) is 1.18. The van der Waals surface area contributed by atoms with Crippen LogP contribution < -0.4 is 10.6 Å². The number of nitrogens with one attached hydrogen (secondary N) is 2. The number of carbonyl (C=O) groups excluding carboxylic acids is 2. The predicted octanol–water partition coefficient (Wildman–Crippen LogP) is 2.67. The van der Waals surface area contributed by atoms with Crippen LogP contribution in [0.1, 0.15) is 24.0 Å². The summed E-state index contributed by atoms with van der Waals surface area (Å²) in [7, 11) is -2.61. The van der Waals surface area contributed by atoms with Crippen molar-refractivity contribution in [3.63, 3.8) is 0 Å². The molecule has 3 rings (SSSR count). The molecule has 154 valence electrons. The van der Waals surface area contributed by atoms with Gasteiger partial charge in [-0.15, -0.1) is 0 Å². The van der Waals surface area contributed by atoms with Crippen LogP contribution in [0, 0.1) is 12.7 Å². The van der Waals surface area contributed by atoms with Gasteiger partial charge < -0.3 is 10.6 Å². The van der Waals surface area contributed by atoms with Gasteiger partial charge in [0.05, 0.1) is 11.4 Å². The topological polar surface area (TPSA) is 95.6 Å². The third kappa shape index (κ3) is 4.80. The molecule has 0 spiro atoms. The van der Waals surface area contributed by atoms with Gasteiger partial charge in [0.1, 0.15) is 5.82 Å². The summed E-state index contributed by atoms with van der Waals surface area (Å²) in [5.74, 6) is -1.14. The number of fused-ring (bicyclic) bond motifs is 1. The van der Waals surface area contributed by atoms with Crippen LogP contribution >= 0.6 is 0 Å². The number of hydrogen-bond acceptors (Lipinski definition) is 4. The molecule has 2 aromatic rings. The van der Waals surface area contributed by atoms with Crippen LogP contribution in [-0.4, -0.2) is 38.1 Å². The summed E-state index contributed by atoms with van der Waals surface area (Å²) in [6.07, 6.45) is 1.60. The lowest BCUT2D eigenvalue weighted by atomic mass is 10.1. The molecule has 0 aliphatic carbocycles. The third-order valence-electron chi connectivity index (χ3n) is 4.73. The SMILES string of the molecule is Cc1ccc(NC(=O)CN(C)S(=O)(=O)c2ccc3c(c2)CCCC(=O)N3)cc1F. The van der Waals surface area contributed by atoms with E-state index in [0.29, 0.717) is 30.5 Å². The van der Waals surface area contributed by atoms with E-state index < -0.39 is 28.3 Å². The Bertz CT molecular complexity index is 1070. The van der Waals surface area contributed by atoms with Crippen LogP contribution in [0.25, 0.3) is 0 Å². The molecule has 29 heavy (non-hydrogen) atoms. The molecule has 0 saturated heterocycles. The number of aryl methyl sites for hydroxylation is 2. The highest BCUT2D eigenvalue weighted by Gasteiger charge is 2.25. The molecule has 0 saturated carbocycles. The van der Waals surface area contributed by atoms with Gasteiger partial charge in [-0.2, -0.15) is 4.31 Å². The molecule has 2 amide bonds. The minimum Gasteiger partial charge on any atom is -0.326 e. The van der Waals surface area contributed by atoms with Crippen LogP contribution in [0.3, 0.4) is 0 Å². The molecule has 0 atom stereocenters. The van der Waals surface area contributed by atoms with Gasteiger partial charge in [0.15, 0.2) is 0 Å². The van der Waals surface area contributed by atoms with E-state index in [1.165, 1.54) is 31.3 Å². The van der Waals surface area contributed by atoms with E-state index in [0.717, 1.165) is 9.87 Å². The number of likely N-dealkylation sites (N-methyl/N-ethyl adjacent to an activating group) is 1. The van der Waals surface area contributed by atoms with Crippen LogP contribution in [0.5, 0.6) is 0 Å². The Hall–Kier alpha value is -2.78. The summed E-state index contributed by atoms with van der Waals surface area (Å²) in [4.78, 5) is 23.9. The largest absolute Gasteiger partial charge is 0.326 e. The molecular formula is C20H22FN3O4S. The zero-order valence-corrected chi connectivity index (χ0v) is 17.0. The molecule has 1 heterocycles. The van der Waals surface area contributed by atoms with Crippen molar-refractivity contribution in [2.75, 3.05) is 24.2 Å². The van der Waals surface area contributed by atoms with Crippen molar-refractivity contribution in [1.29, 1.82) is 0 Å². The Balaban J connectivity index is 1.73. The van der Waals surface area contributed by atoms with Crippen LogP contribution in [0.15, 0.2) is 41.3 Å². The van der Waals surface area contributed by atoms with E-state index in [1.54, 1.807) is 19.1 Å². The van der Waals surface area contributed by atoms with Crippen molar-refractivity contribution in [3.8, 4) is 0 Å². The molecule has 1 aliphatic heterocycles. The number of amides is 2. The van der Waals surface area contributed by atoms with Gasteiger partial charge in [0.2, 0.25) is 21.8 Å². The molecule has 1 aliphatic rings.